The van der Waals surface area contributed by atoms with Gasteiger partial charge in [-0.2, -0.15) is 13.2 Å². The minimum Gasteiger partial charge on any atom is -0.358 e. The van der Waals surface area contributed by atoms with Crippen LogP contribution in [0.2, 0.25) is 0 Å². The zero-order valence-electron chi connectivity index (χ0n) is 11.9. The van der Waals surface area contributed by atoms with Crippen LogP contribution in [0.5, 0.6) is 0 Å². The Kier molecular flexibility index (Phi) is 9.67. The molecule has 0 radical (unpaired) electrons. The van der Waals surface area contributed by atoms with Gasteiger partial charge in [-0.25, -0.2) is 0 Å². The van der Waals surface area contributed by atoms with Crippen LogP contribution in [0.3, 0.4) is 0 Å². The lowest BCUT2D eigenvalue weighted by molar-refractivity contribution is -0.137. The molecule has 1 aromatic carbocycles. The third-order valence-corrected chi connectivity index (χ3v) is 3.80. The number of alkyl halides is 3. The summed E-state index contributed by atoms with van der Waals surface area (Å²) in [4.78, 5) is 2.20. The van der Waals surface area contributed by atoms with Gasteiger partial charge in [0.1, 0.15) is 4.32 Å². The number of thioether (sulfide) groups is 1. The molecule has 0 saturated carbocycles. The van der Waals surface area contributed by atoms with E-state index in [4.69, 9.17) is 12.2 Å². The Labute approximate surface area is 128 Å². The monoisotopic (exact) mass is 323 g/mol. The van der Waals surface area contributed by atoms with Crippen LogP contribution in [0, 0.1) is 0 Å². The van der Waals surface area contributed by atoms with Crippen molar-refractivity contribution in [3.63, 3.8) is 0 Å². The topological polar surface area (TPSA) is 3.24 Å². The van der Waals surface area contributed by atoms with E-state index >= 15 is 0 Å². The van der Waals surface area contributed by atoms with E-state index in [-0.39, 0.29) is 0 Å². The summed E-state index contributed by atoms with van der Waals surface area (Å²) in [5.74, 6) is 1.08. The SMILES string of the molecule is CCSC(=S)N(CC)CC.FC(F)(F)c1ccccc1. The fourth-order valence-electron chi connectivity index (χ4n) is 1.32. The van der Waals surface area contributed by atoms with Gasteiger partial charge in [0, 0.05) is 13.1 Å². The first-order valence-electron chi connectivity index (χ1n) is 6.40. The second kappa shape index (κ2) is 10.0. The summed E-state index contributed by atoms with van der Waals surface area (Å²) in [7, 11) is 0. The number of rotatable bonds is 3. The minimum absolute atomic E-state index is 0.602. The van der Waals surface area contributed by atoms with Crippen molar-refractivity contribution >= 4 is 28.3 Å². The van der Waals surface area contributed by atoms with Crippen LogP contribution in [0.4, 0.5) is 13.2 Å². The number of halogens is 3. The largest absolute Gasteiger partial charge is 0.416 e. The molecule has 0 aliphatic rings. The first kappa shape index (κ1) is 19.2. The molecule has 20 heavy (non-hydrogen) atoms. The molecule has 0 fully saturated rings. The summed E-state index contributed by atoms with van der Waals surface area (Å²) in [5, 5.41) is 0. The van der Waals surface area contributed by atoms with Crippen molar-refractivity contribution in [1.29, 1.82) is 0 Å². The van der Waals surface area contributed by atoms with Crippen LogP contribution in [0.15, 0.2) is 30.3 Å². The first-order valence-corrected chi connectivity index (χ1v) is 7.80. The van der Waals surface area contributed by atoms with Gasteiger partial charge < -0.3 is 4.90 Å². The summed E-state index contributed by atoms with van der Waals surface area (Å²) in [6, 6.07) is 6.36. The first-order chi connectivity index (χ1) is 9.36. The van der Waals surface area contributed by atoms with Crippen molar-refractivity contribution in [1.82, 2.24) is 4.90 Å². The van der Waals surface area contributed by atoms with Gasteiger partial charge in [0.15, 0.2) is 0 Å². The number of benzene rings is 1. The third-order valence-electron chi connectivity index (χ3n) is 2.39. The number of hydrogen-bond acceptors (Lipinski definition) is 2. The average Bonchev–Trinajstić information content (AvgIpc) is 2.41. The summed E-state index contributed by atoms with van der Waals surface area (Å²) in [6.45, 7) is 8.45. The highest BCUT2D eigenvalue weighted by Gasteiger charge is 2.29. The van der Waals surface area contributed by atoms with E-state index in [1.165, 1.54) is 12.1 Å². The van der Waals surface area contributed by atoms with E-state index in [9.17, 15) is 13.2 Å². The predicted octanol–water partition coefficient (Wildman–Crippen LogP) is 5.07. The van der Waals surface area contributed by atoms with E-state index in [2.05, 4.69) is 25.7 Å². The highest BCUT2D eigenvalue weighted by molar-refractivity contribution is 8.22. The van der Waals surface area contributed by atoms with E-state index in [0.717, 1.165) is 35.3 Å². The van der Waals surface area contributed by atoms with Crippen molar-refractivity contribution in [2.24, 2.45) is 0 Å². The van der Waals surface area contributed by atoms with Gasteiger partial charge in [-0.15, -0.1) is 0 Å². The second-order valence-electron chi connectivity index (χ2n) is 3.73. The zero-order chi connectivity index (χ0) is 15.6. The molecule has 0 unspecified atom stereocenters. The molecule has 0 aliphatic heterocycles. The molecule has 0 N–H and O–H groups in total. The molecule has 6 heteroatoms. The Morgan fingerprint density at radius 1 is 1.10 bits per heavy atom. The maximum absolute atomic E-state index is 11.8. The van der Waals surface area contributed by atoms with E-state index in [1.807, 2.05) is 0 Å². The van der Waals surface area contributed by atoms with Crippen LogP contribution in [0.1, 0.15) is 26.3 Å². The standard InChI is InChI=1S/C7H5F3.C7H15NS2/c8-7(9,10)6-4-2-1-3-5-6;1-4-8(5-2)7(9)10-6-3/h1-5H;4-6H2,1-3H3. The van der Waals surface area contributed by atoms with Gasteiger partial charge >= 0.3 is 6.18 Å². The van der Waals surface area contributed by atoms with Gasteiger partial charge in [-0.3, -0.25) is 0 Å². The van der Waals surface area contributed by atoms with Crippen molar-refractivity contribution < 1.29 is 13.2 Å². The van der Waals surface area contributed by atoms with E-state index in [0.29, 0.717) is 0 Å². The highest BCUT2D eigenvalue weighted by Crippen LogP contribution is 2.28. The summed E-state index contributed by atoms with van der Waals surface area (Å²) in [6.07, 6.45) is -4.21. The van der Waals surface area contributed by atoms with Crippen molar-refractivity contribution in [3.05, 3.63) is 35.9 Å². The Bertz CT molecular complexity index is 376. The van der Waals surface area contributed by atoms with Crippen LogP contribution < -0.4 is 0 Å². The molecule has 1 rings (SSSR count). The molecule has 0 aromatic heterocycles. The fourth-order valence-corrected chi connectivity index (χ4v) is 2.62. The zero-order valence-corrected chi connectivity index (χ0v) is 13.5. The van der Waals surface area contributed by atoms with Gasteiger partial charge in [-0.05, 0) is 19.6 Å². The Morgan fingerprint density at radius 3 is 1.90 bits per heavy atom. The van der Waals surface area contributed by atoms with Gasteiger partial charge in [-0.1, -0.05) is 61.2 Å². The van der Waals surface area contributed by atoms with E-state index < -0.39 is 11.7 Å². The summed E-state index contributed by atoms with van der Waals surface area (Å²) in [5.41, 5.74) is -0.602. The van der Waals surface area contributed by atoms with Crippen molar-refractivity contribution in [2.75, 3.05) is 18.8 Å². The molecule has 0 bridgehead atoms. The molecule has 114 valence electrons. The Morgan fingerprint density at radius 2 is 1.60 bits per heavy atom. The van der Waals surface area contributed by atoms with Crippen LogP contribution >= 0.6 is 24.0 Å². The molecule has 0 amide bonds. The summed E-state index contributed by atoms with van der Waals surface area (Å²) < 4.78 is 36.4. The van der Waals surface area contributed by atoms with E-state index in [1.54, 1.807) is 17.8 Å². The normalized spacial score (nSPS) is 10.5. The Hall–Kier alpha value is -0.750. The lowest BCUT2D eigenvalue weighted by Gasteiger charge is -2.20. The highest BCUT2D eigenvalue weighted by atomic mass is 32.2. The molecule has 0 aliphatic carbocycles. The van der Waals surface area contributed by atoms with Crippen LogP contribution in [0.25, 0.3) is 0 Å². The molecular weight excluding hydrogens is 303 g/mol. The minimum atomic E-state index is -4.21. The van der Waals surface area contributed by atoms with Crippen LogP contribution in [-0.2, 0) is 6.18 Å². The molecule has 1 aromatic rings. The van der Waals surface area contributed by atoms with Crippen molar-refractivity contribution in [3.8, 4) is 0 Å². The van der Waals surface area contributed by atoms with Crippen LogP contribution in [-0.4, -0.2) is 28.1 Å². The number of hydrogen-bond donors (Lipinski definition) is 0. The second-order valence-corrected chi connectivity index (χ2v) is 5.63. The van der Waals surface area contributed by atoms with Gasteiger partial charge in [0.2, 0.25) is 0 Å². The third kappa shape index (κ3) is 7.75. The molecular formula is C14H20F3NS2. The molecule has 0 heterocycles. The number of thiocarbonyl (C=S) groups is 1. The maximum atomic E-state index is 11.8. The quantitative estimate of drug-likeness (QED) is 0.715. The number of nitrogens with zero attached hydrogens (tertiary/aromatic N) is 1. The lowest BCUT2D eigenvalue weighted by Crippen LogP contribution is -2.26. The molecule has 0 saturated heterocycles. The summed E-state index contributed by atoms with van der Waals surface area (Å²) >= 11 is 6.91. The van der Waals surface area contributed by atoms with Crippen molar-refractivity contribution in [2.45, 2.75) is 26.9 Å². The molecule has 0 spiro atoms. The Balaban J connectivity index is 0.000000361. The predicted molar refractivity (Wildman–Crippen MR) is 85.1 cm³/mol. The van der Waals surface area contributed by atoms with Gasteiger partial charge in [0.05, 0.1) is 5.56 Å². The molecule has 0 atom stereocenters. The lowest BCUT2D eigenvalue weighted by atomic mass is 10.2. The average molecular weight is 323 g/mol. The molecule has 1 nitrogen and oxygen atoms in total. The fraction of sp³-hybridized carbons (Fsp3) is 0.500. The maximum Gasteiger partial charge on any atom is 0.416 e. The van der Waals surface area contributed by atoms with Gasteiger partial charge in [0.25, 0.3) is 0 Å². The smallest absolute Gasteiger partial charge is 0.358 e.